The van der Waals surface area contributed by atoms with Gasteiger partial charge in [0.1, 0.15) is 0 Å². The first kappa shape index (κ1) is 21.7. The summed E-state index contributed by atoms with van der Waals surface area (Å²) in [5.74, 6) is -0.316. The topological polar surface area (TPSA) is 79.5 Å². The zero-order chi connectivity index (χ0) is 23.4. The minimum Gasteiger partial charge on any atom is -0.368 e. The average Bonchev–Trinajstić information content (AvgIpc) is 3.28. The number of nitrogens with one attached hydrogen (secondary N) is 2. The van der Waals surface area contributed by atoms with E-state index in [1.807, 2.05) is 12.1 Å². The van der Waals surface area contributed by atoms with Crippen LogP contribution in [0.2, 0.25) is 5.02 Å². The molecule has 0 saturated carbocycles. The van der Waals surface area contributed by atoms with Crippen molar-refractivity contribution in [2.24, 2.45) is 0 Å². The van der Waals surface area contributed by atoms with Gasteiger partial charge in [-0.25, -0.2) is 9.37 Å². The van der Waals surface area contributed by atoms with Crippen molar-refractivity contribution < 1.29 is 9.18 Å². The van der Waals surface area contributed by atoms with Crippen molar-refractivity contribution in [2.75, 3.05) is 23.3 Å². The number of pyridine rings is 1. The second-order valence-electron chi connectivity index (χ2n) is 8.79. The number of rotatable bonds is 3. The summed E-state index contributed by atoms with van der Waals surface area (Å²) in [7, 11) is 0. The van der Waals surface area contributed by atoms with Crippen molar-refractivity contribution in [2.45, 2.75) is 39.8 Å². The quantitative estimate of drug-likeness (QED) is 0.463. The predicted octanol–water partition coefficient (Wildman–Crippen LogP) is 4.38. The van der Waals surface area contributed by atoms with Gasteiger partial charge in [-0.3, -0.25) is 4.79 Å². The van der Waals surface area contributed by atoms with Crippen molar-refractivity contribution in [1.29, 1.82) is 0 Å². The lowest BCUT2D eigenvalue weighted by Crippen LogP contribution is -2.54. The number of hydrogen-bond acceptors (Lipinski definition) is 6. The number of piperazine rings is 1. The minimum atomic E-state index is -0.460. The van der Waals surface area contributed by atoms with Crippen LogP contribution >= 0.6 is 11.6 Å². The molecular weight excluding hydrogens is 445 g/mol. The first-order valence-electron chi connectivity index (χ1n) is 10.9. The first-order valence-corrected chi connectivity index (χ1v) is 11.2. The van der Waals surface area contributed by atoms with Gasteiger partial charge in [-0.1, -0.05) is 11.6 Å². The Hall–Kier alpha value is -3.17. The van der Waals surface area contributed by atoms with Gasteiger partial charge in [-0.2, -0.15) is 4.68 Å². The van der Waals surface area contributed by atoms with Crippen LogP contribution in [-0.4, -0.2) is 50.2 Å². The number of aryl methyl sites for hydroxylation is 1. The summed E-state index contributed by atoms with van der Waals surface area (Å²) in [4.78, 5) is 18.8. The molecule has 33 heavy (non-hydrogen) atoms. The zero-order valence-corrected chi connectivity index (χ0v) is 19.6. The number of halogens is 2. The Morgan fingerprint density at radius 2 is 1.94 bits per heavy atom. The van der Waals surface area contributed by atoms with Crippen molar-refractivity contribution in [3.05, 3.63) is 47.1 Å². The van der Waals surface area contributed by atoms with Crippen LogP contribution in [-0.2, 0) is 0 Å². The Bertz CT molecular complexity index is 1380. The molecule has 0 spiro atoms. The smallest absolute Gasteiger partial charge is 0.244 e. The molecule has 10 heteroatoms. The third-order valence-corrected chi connectivity index (χ3v) is 6.13. The van der Waals surface area contributed by atoms with Crippen molar-refractivity contribution in [3.63, 3.8) is 0 Å². The molecule has 5 rings (SSSR count). The van der Waals surface area contributed by atoms with Crippen LogP contribution in [0.3, 0.4) is 0 Å². The van der Waals surface area contributed by atoms with Crippen molar-refractivity contribution >= 4 is 51.3 Å². The molecule has 2 N–H and O–H groups in total. The Kier molecular flexibility index (Phi) is 5.25. The fraction of sp³-hybridized carbons (Fsp3) is 0.348. The molecule has 2 atom stereocenters. The maximum atomic E-state index is 14.6. The molecule has 1 saturated heterocycles. The molecule has 4 heterocycles. The summed E-state index contributed by atoms with van der Waals surface area (Å²) in [6.45, 7) is 9.19. The average molecular weight is 470 g/mol. The number of benzene rings is 1. The standard InChI is InChI=1S/C23H25ClFN7O/c1-12-8-30(9-13(2)26-12)17-6-18(24)21-20(7-17)32(15(4)33)29-22(21)28-16-5-19(25)23-27-14(3)10-31(23)11-16/h5-7,10-13,26H,8-9H2,1-4H3,(H,28,29)/t12-,13+. The second-order valence-corrected chi connectivity index (χ2v) is 9.20. The van der Waals surface area contributed by atoms with E-state index in [4.69, 9.17) is 11.6 Å². The highest BCUT2D eigenvalue weighted by Crippen LogP contribution is 2.36. The van der Waals surface area contributed by atoms with Gasteiger partial charge in [-0.15, -0.1) is 5.10 Å². The molecule has 8 nitrogen and oxygen atoms in total. The maximum absolute atomic E-state index is 14.6. The molecule has 1 fully saturated rings. The number of carbonyl (C=O) groups excluding carboxylic acids is 1. The van der Waals surface area contributed by atoms with E-state index in [0.29, 0.717) is 45.2 Å². The van der Waals surface area contributed by atoms with Gasteiger partial charge >= 0.3 is 0 Å². The van der Waals surface area contributed by atoms with E-state index in [0.717, 1.165) is 18.8 Å². The van der Waals surface area contributed by atoms with Crippen molar-refractivity contribution in [1.82, 2.24) is 24.5 Å². The summed E-state index contributed by atoms with van der Waals surface area (Å²) in [6.07, 6.45) is 3.47. The number of anilines is 3. The SMILES string of the molecule is CC(=O)n1nc(Nc2cc(F)c3nc(C)cn3c2)c2c(Cl)cc(N3C[C@@H](C)N[C@@H](C)C3)cc21. The summed E-state index contributed by atoms with van der Waals surface area (Å²) >= 11 is 6.74. The second kappa shape index (κ2) is 8.00. The molecule has 1 aliphatic rings. The number of fused-ring (bicyclic) bond motifs is 2. The molecule has 3 aromatic heterocycles. The van der Waals surface area contributed by atoms with Crippen LogP contribution in [0.4, 0.5) is 21.6 Å². The van der Waals surface area contributed by atoms with Gasteiger partial charge in [0.2, 0.25) is 5.91 Å². The third kappa shape index (κ3) is 3.91. The van der Waals surface area contributed by atoms with E-state index < -0.39 is 5.82 Å². The Labute approximate surface area is 195 Å². The lowest BCUT2D eigenvalue weighted by molar-refractivity contribution is 0.0927. The fourth-order valence-electron chi connectivity index (χ4n) is 4.62. The highest BCUT2D eigenvalue weighted by atomic mass is 35.5. The Morgan fingerprint density at radius 3 is 2.64 bits per heavy atom. The number of hydrogen-bond donors (Lipinski definition) is 2. The molecule has 0 aliphatic carbocycles. The molecule has 172 valence electrons. The largest absolute Gasteiger partial charge is 0.368 e. The van der Waals surface area contributed by atoms with Gasteiger partial charge in [-0.05, 0) is 32.9 Å². The highest BCUT2D eigenvalue weighted by Gasteiger charge is 2.24. The van der Waals surface area contributed by atoms with E-state index in [1.165, 1.54) is 17.7 Å². The van der Waals surface area contributed by atoms with Crippen LogP contribution < -0.4 is 15.5 Å². The molecular formula is C23H25ClFN7O. The zero-order valence-electron chi connectivity index (χ0n) is 18.9. The van der Waals surface area contributed by atoms with Gasteiger partial charge in [0, 0.05) is 56.2 Å². The van der Waals surface area contributed by atoms with Gasteiger partial charge in [0.15, 0.2) is 17.3 Å². The highest BCUT2D eigenvalue weighted by molar-refractivity contribution is 6.37. The summed E-state index contributed by atoms with van der Waals surface area (Å²) in [5, 5.41) is 12.2. The Morgan fingerprint density at radius 1 is 1.21 bits per heavy atom. The van der Waals surface area contributed by atoms with E-state index in [-0.39, 0.29) is 11.6 Å². The van der Waals surface area contributed by atoms with Crippen LogP contribution in [0.5, 0.6) is 0 Å². The molecule has 0 amide bonds. The summed E-state index contributed by atoms with van der Waals surface area (Å²) < 4.78 is 17.5. The van der Waals surface area contributed by atoms with E-state index in [2.05, 4.69) is 39.5 Å². The molecule has 4 aromatic rings. The first-order chi connectivity index (χ1) is 15.7. The Balaban J connectivity index is 1.59. The molecule has 1 aliphatic heterocycles. The molecule has 1 aromatic carbocycles. The van der Waals surface area contributed by atoms with E-state index in [9.17, 15) is 9.18 Å². The van der Waals surface area contributed by atoms with Gasteiger partial charge < -0.3 is 19.9 Å². The molecule has 0 unspecified atom stereocenters. The number of carbonyl (C=O) groups is 1. The van der Waals surface area contributed by atoms with Gasteiger partial charge in [0.25, 0.3) is 0 Å². The van der Waals surface area contributed by atoms with E-state index in [1.54, 1.807) is 23.7 Å². The maximum Gasteiger partial charge on any atom is 0.244 e. The number of nitrogens with zero attached hydrogens (tertiary/aromatic N) is 5. The van der Waals surface area contributed by atoms with Crippen LogP contribution in [0.1, 0.15) is 31.3 Å². The monoisotopic (exact) mass is 469 g/mol. The number of aromatic nitrogens is 4. The lowest BCUT2D eigenvalue weighted by Gasteiger charge is -2.37. The summed E-state index contributed by atoms with van der Waals surface area (Å²) in [6, 6.07) is 5.85. The minimum absolute atomic E-state index is 0.241. The lowest BCUT2D eigenvalue weighted by atomic mass is 10.1. The molecule has 0 radical (unpaired) electrons. The predicted molar refractivity (Wildman–Crippen MR) is 128 cm³/mol. The van der Waals surface area contributed by atoms with Crippen molar-refractivity contribution in [3.8, 4) is 0 Å². The van der Waals surface area contributed by atoms with Crippen LogP contribution in [0.15, 0.2) is 30.6 Å². The number of imidazole rings is 1. The normalized spacial score (nSPS) is 18.9. The third-order valence-electron chi connectivity index (χ3n) is 5.83. The van der Waals surface area contributed by atoms with Gasteiger partial charge in [0.05, 0.1) is 27.3 Å². The molecule has 0 bridgehead atoms. The fourth-order valence-corrected chi connectivity index (χ4v) is 4.91. The van der Waals surface area contributed by atoms with E-state index >= 15 is 0 Å². The van der Waals surface area contributed by atoms with Crippen LogP contribution in [0.25, 0.3) is 16.6 Å². The summed E-state index contributed by atoms with van der Waals surface area (Å²) in [5.41, 5.74) is 2.97. The van der Waals surface area contributed by atoms with Crippen LogP contribution in [0, 0.1) is 12.7 Å².